The van der Waals surface area contributed by atoms with E-state index in [1.54, 1.807) is 13.1 Å². The van der Waals surface area contributed by atoms with Gasteiger partial charge < -0.3 is 20.5 Å². The summed E-state index contributed by atoms with van der Waals surface area (Å²) in [5, 5.41) is 15.0. The van der Waals surface area contributed by atoms with E-state index in [4.69, 9.17) is 10.3 Å². The summed E-state index contributed by atoms with van der Waals surface area (Å²) < 4.78 is 5.04. The molecule has 0 aromatic carbocycles. The molecule has 2 heterocycles. The van der Waals surface area contributed by atoms with Crippen molar-refractivity contribution in [2.24, 2.45) is 0 Å². The first-order valence-electron chi connectivity index (χ1n) is 5.53. The molecule has 9 heteroatoms. The Balaban J connectivity index is 1.82. The van der Waals surface area contributed by atoms with E-state index >= 15 is 0 Å². The lowest BCUT2D eigenvalue weighted by Gasteiger charge is -2.15. The second-order valence-corrected chi connectivity index (χ2v) is 5.08. The Morgan fingerprint density at radius 3 is 2.95 bits per heavy atom. The number of urea groups is 1. The second-order valence-electron chi connectivity index (χ2n) is 3.98. The highest BCUT2D eigenvalue weighted by molar-refractivity contribution is 7.15. The first-order valence-corrected chi connectivity index (χ1v) is 6.35. The van der Waals surface area contributed by atoms with Crippen molar-refractivity contribution in [3.05, 3.63) is 22.5 Å². The summed E-state index contributed by atoms with van der Waals surface area (Å²) in [5.41, 5.74) is 6.24. The van der Waals surface area contributed by atoms with Gasteiger partial charge in [-0.15, -0.1) is 10.2 Å². The number of nitrogens with one attached hydrogen (secondary N) is 1. The van der Waals surface area contributed by atoms with Crippen LogP contribution in [0.5, 0.6) is 0 Å². The minimum atomic E-state index is -0.233. The van der Waals surface area contributed by atoms with Gasteiger partial charge in [0.1, 0.15) is 5.01 Å². The van der Waals surface area contributed by atoms with Crippen LogP contribution >= 0.6 is 11.3 Å². The zero-order valence-electron chi connectivity index (χ0n) is 10.6. The summed E-state index contributed by atoms with van der Waals surface area (Å²) in [6.45, 7) is 2.48. The highest BCUT2D eigenvalue weighted by atomic mass is 32.1. The van der Waals surface area contributed by atoms with Crippen molar-refractivity contribution in [3.8, 4) is 0 Å². The number of aromatic nitrogens is 3. The maximum absolute atomic E-state index is 11.8. The monoisotopic (exact) mass is 282 g/mol. The maximum atomic E-state index is 11.8. The van der Waals surface area contributed by atoms with Gasteiger partial charge in [0.25, 0.3) is 0 Å². The van der Waals surface area contributed by atoms with Crippen LogP contribution in [0, 0.1) is 6.92 Å². The van der Waals surface area contributed by atoms with Crippen LogP contribution in [-0.4, -0.2) is 33.3 Å². The fourth-order valence-electron chi connectivity index (χ4n) is 1.42. The fourth-order valence-corrected chi connectivity index (χ4v) is 1.97. The standard InChI is InChI=1S/C10H14N6O2S/c1-6-3-7(18-15-6)5-16(2)10(17)12-4-8-13-14-9(11)19-8/h3H,4-5H2,1-2H3,(H2,11,14)(H,12,17). The first kappa shape index (κ1) is 13.3. The van der Waals surface area contributed by atoms with E-state index in [9.17, 15) is 4.79 Å². The number of nitrogen functional groups attached to an aromatic ring is 1. The molecule has 0 spiro atoms. The Labute approximate surface area is 113 Å². The van der Waals surface area contributed by atoms with Crippen LogP contribution in [0.25, 0.3) is 0 Å². The number of carbonyl (C=O) groups is 1. The molecular formula is C10H14N6O2S. The molecule has 0 fully saturated rings. The Morgan fingerprint density at radius 1 is 1.58 bits per heavy atom. The van der Waals surface area contributed by atoms with Gasteiger partial charge >= 0.3 is 6.03 Å². The van der Waals surface area contributed by atoms with Crippen LogP contribution in [0.4, 0.5) is 9.93 Å². The van der Waals surface area contributed by atoms with Crippen molar-refractivity contribution in [2.45, 2.75) is 20.0 Å². The van der Waals surface area contributed by atoms with Crippen LogP contribution < -0.4 is 11.1 Å². The van der Waals surface area contributed by atoms with Crippen LogP contribution in [0.3, 0.4) is 0 Å². The number of hydrogen-bond acceptors (Lipinski definition) is 7. The molecule has 0 bridgehead atoms. The van der Waals surface area contributed by atoms with Crippen molar-refractivity contribution in [2.75, 3.05) is 12.8 Å². The minimum absolute atomic E-state index is 0.233. The molecule has 0 unspecified atom stereocenters. The number of aryl methyl sites for hydroxylation is 1. The van der Waals surface area contributed by atoms with Gasteiger partial charge in [0, 0.05) is 13.1 Å². The molecule has 0 saturated carbocycles. The molecule has 2 aromatic rings. The molecule has 0 atom stereocenters. The van der Waals surface area contributed by atoms with E-state index in [2.05, 4.69) is 20.7 Å². The third-order valence-electron chi connectivity index (χ3n) is 2.29. The molecule has 19 heavy (non-hydrogen) atoms. The molecule has 2 amide bonds. The summed E-state index contributed by atoms with van der Waals surface area (Å²) in [4.78, 5) is 13.3. The molecular weight excluding hydrogens is 268 g/mol. The number of nitrogens with two attached hydrogens (primary N) is 1. The predicted molar refractivity (Wildman–Crippen MR) is 69.3 cm³/mol. The normalized spacial score (nSPS) is 10.4. The quantitative estimate of drug-likeness (QED) is 0.856. The largest absolute Gasteiger partial charge is 0.374 e. The first-order chi connectivity index (χ1) is 9.04. The van der Waals surface area contributed by atoms with Crippen molar-refractivity contribution >= 4 is 22.5 Å². The van der Waals surface area contributed by atoms with E-state index in [1.807, 2.05) is 6.92 Å². The molecule has 3 N–H and O–H groups in total. The van der Waals surface area contributed by atoms with Gasteiger partial charge in [-0.25, -0.2) is 4.79 Å². The number of carbonyl (C=O) groups excluding carboxylic acids is 1. The lowest BCUT2D eigenvalue weighted by molar-refractivity contribution is 0.200. The Hall–Kier alpha value is -2.16. The number of nitrogens with zero attached hydrogens (tertiary/aromatic N) is 4. The Kier molecular flexibility index (Phi) is 3.95. The summed E-state index contributed by atoms with van der Waals surface area (Å²) in [6.07, 6.45) is 0. The smallest absolute Gasteiger partial charge is 0.317 e. The third-order valence-corrected chi connectivity index (χ3v) is 3.04. The molecule has 0 aliphatic rings. The zero-order valence-corrected chi connectivity index (χ0v) is 11.4. The van der Waals surface area contributed by atoms with Crippen molar-refractivity contribution in [1.29, 1.82) is 0 Å². The summed E-state index contributed by atoms with van der Waals surface area (Å²) in [5.74, 6) is 0.635. The molecule has 0 aliphatic carbocycles. The highest BCUT2D eigenvalue weighted by Crippen LogP contribution is 2.10. The summed E-state index contributed by atoms with van der Waals surface area (Å²) in [7, 11) is 1.67. The lowest BCUT2D eigenvalue weighted by atomic mass is 10.4. The molecule has 0 radical (unpaired) electrons. The van der Waals surface area contributed by atoms with Crippen LogP contribution in [0.15, 0.2) is 10.6 Å². The minimum Gasteiger partial charge on any atom is -0.374 e. The highest BCUT2D eigenvalue weighted by Gasteiger charge is 2.12. The lowest BCUT2D eigenvalue weighted by Crippen LogP contribution is -2.36. The topological polar surface area (TPSA) is 110 Å². The number of hydrogen-bond donors (Lipinski definition) is 2. The van der Waals surface area contributed by atoms with E-state index in [0.29, 0.717) is 29.0 Å². The van der Waals surface area contributed by atoms with Gasteiger partial charge in [-0.1, -0.05) is 16.5 Å². The number of anilines is 1. The Morgan fingerprint density at radius 2 is 2.37 bits per heavy atom. The number of amides is 2. The average Bonchev–Trinajstić information content (AvgIpc) is 2.95. The van der Waals surface area contributed by atoms with Gasteiger partial charge in [0.05, 0.1) is 18.8 Å². The van der Waals surface area contributed by atoms with Gasteiger partial charge in [0.2, 0.25) is 5.13 Å². The molecule has 2 rings (SSSR count). The van der Waals surface area contributed by atoms with E-state index in [1.165, 1.54) is 16.2 Å². The van der Waals surface area contributed by atoms with Crippen LogP contribution in [-0.2, 0) is 13.1 Å². The van der Waals surface area contributed by atoms with Crippen molar-refractivity contribution < 1.29 is 9.32 Å². The molecule has 2 aromatic heterocycles. The zero-order chi connectivity index (χ0) is 13.8. The second kappa shape index (κ2) is 5.65. The van der Waals surface area contributed by atoms with Gasteiger partial charge in [0.15, 0.2) is 5.76 Å². The van der Waals surface area contributed by atoms with E-state index < -0.39 is 0 Å². The van der Waals surface area contributed by atoms with Crippen LogP contribution in [0.1, 0.15) is 16.5 Å². The van der Waals surface area contributed by atoms with Crippen LogP contribution in [0.2, 0.25) is 0 Å². The van der Waals surface area contributed by atoms with Crippen molar-refractivity contribution in [1.82, 2.24) is 25.6 Å². The third kappa shape index (κ3) is 3.65. The van der Waals surface area contributed by atoms with E-state index in [-0.39, 0.29) is 6.03 Å². The summed E-state index contributed by atoms with van der Waals surface area (Å²) >= 11 is 1.24. The predicted octanol–water partition coefficient (Wildman–Crippen LogP) is 0.758. The van der Waals surface area contributed by atoms with E-state index in [0.717, 1.165) is 5.69 Å². The fraction of sp³-hybridized carbons (Fsp3) is 0.400. The van der Waals surface area contributed by atoms with Gasteiger partial charge in [-0.2, -0.15) is 0 Å². The maximum Gasteiger partial charge on any atom is 0.317 e. The average molecular weight is 282 g/mol. The van der Waals surface area contributed by atoms with Gasteiger partial charge in [-0.05, 0) is 6.92 Å². The molecule has 0 saturated heterocycles. The molecule has 0 aliphatic heterocycles. The Bertz CT molecular complexity index is 566. The number of rotatable bonds is 4. The molecule has 102 valence electrons. The van der Waals surface area contributed by atoms with Gasteiger partial charge in [-0.3, -0.25) is 0 Å². The summed E-state index contributed by atoms with van der Waals surface area (Å²) in [6, 6.07) is 1.55. The van der Waals surface area contributed by atoms with Crippen molar-refractivity contribution in [3.63, 3.8) is 0 Å². The molecule has 8 nitrogen and oxygen atoms in total. The SMILES string of the molecule is Cc1cc(CN(C)C(=O)NCc2nnc(N)s2)on1.